The summed E-state index contributed by atoms with van der Waals surface area (Å²) in [6.07, 6.45) is 2.81. The van der Waals surface area contributed by atoms with Crippen LogP contribution in [0.2, 0.25) is 0 Å². The lowest BCUT2D eigenvalue weighted by atomic mass is 10.1. The topological polar surface area (TPSA) is 97.9 Å². The number of hydrogen-bond donors (Lipinski definition) is 2. The van der Waals surface area contributed by atoms with E-state index in [2.05, 4.69) is 20.4 Å². The number of carbonyl (C=O) groups is 1. The van der Waals surface area contributed by atoms with Crippen LogP contribution in [0.3, 0.4) is 0 Å². The SMILES string of the molecule is O=C(Nc1ccc(-c2cn[nH]c2)cc1OCCN1CCOCC1)[C@H]1COc2ccccc2O1. The summed E-state index contributed by atoms with van der Waals surface area (Å²) < 4.78 is 23.0. The van der Waals surface area contributed by atoms with Gasteiger partial charge in [0.15, 0.2) is 11.5 Å². The highest BCUT2D eigenvalue weighted by Crippen LogP contribution is 2.33. The number of H-pyrrole nitrogens is 1. The molecule has 0 radical (unpaired) electrons. The number of rotatable bonds is 7. The summed E-state index contributed by atoms with van der Waals surface area (Å²) in [5.74, 6) is 1.49. The number of para-hydroxylation sites is 2. The monoisotopic (exact) mass is 450 g/mol. The minimum atomic E-state index is -0.755. The molecule has 9 heteroatoms. The van der Waals surface area contributed by atoms with Gasteiger partial charge < -0.3 is 24.3 Å². The van der Waals surface area contributed by atoms with Crippen LogP contribution in [0.4, 0.5) is 5.69 Å². The average Bonchev–Trinajstić information content (AvgIpc) is 3.40. The molecule has 2 aliphatic rings. The van der Waals surface area contributed by atoms with E-state index in [9.17, 15) is 4.79 Å². The quantitative estimate of drug-likeness (QED) is 0.571. The van der Waals surface area contributed by atoms with Crippen LogP contribution in [-0.4, -0.2) is 73.2 Å². The molecule has 2 aliphatic heterocycles. The first-order valence-corrected chi connectivity index (χ1v) is 11.0. The number of morpholine rings is 1. The lowest BCUT2D eigenvalue weighted by Crippen LogP contribution is -2.40. The Morgan fingerprint density at radius 3 is 2.82 bits per heavy atom. The number of ether oxygens (including phenoxy) is 4. The minimum Gasteiger partial charge on any atom is -0.490 e. The number of benzene rings is 2. The van der Waals surface area contributed by atoms with Gasteiger partial charge in [-0.25, -0.2) is 0 Å². The van der Waals surface area contributed by atoms with Gasteiger partial charge in [-0.1, -0.05) is 18.2 Å². The minimum absolute atomic E-state index is 0.142. The maximum absolute atomic E-state index is 13.0. The largest absolute Gasteiger partial charge is 0.490 e. The Hall–Kier alpha value is -3.56. The van der Waals surface area contributed by atoms with Crippen LogP contribution in [0.1, 0.15) is 0 Å². The summed E-state index contributed by atoms with van der Waals surface area (Å²) in [5, 5.41) is 9.79. The van der Waals surface area contributed by atoms with Gasteiger partial charge in [-0.3, -0.25) is 14.8 Å². The molecule has 33 heavy (non-hydrogen) atoms. The first-order chi connectivity index (χ1) is 16.3. The zero-order chi connectivity index (χ0) is 22.5. The Balaban J connectivity index is 1.29. The van der Waals surface area contributed by atoms with Gasteiger partial charge in [0.2, 0.25) is 6.10 Å². The second-order valence-electron chi connectivity index (χ2n) is 7.85. The molecule has 2 aromatic carbocycles. The molecule has 5 rings (SSSR count). The van der Waals surface area contributed by atoms with Crippen molar-refractivity contribution in [1.82, 2.24) is 15.1 Å². The molecule has 1 saturated heterocycles. The standard InChI is InChI=1S/C24H26N4O5/c29-24(23-16-32-20-3-1-2-4-21(20)33-23)27-19-6-5-17(18-14-25-26-15-18)13-22(19)31-12-9-28-7-10-30-11-8-28/h1-6,13-15,23H,7-12,16H2,(H,25,26)(H,27,29)/t23-/m1/s1. The third-order valence-electron chi connectivity index (χ3n) is 5.64. The highest BCUT2D eigenvalue weighted by molar-refractivity contribution is 5.96. The lowest BCUT2D eigenvalue weighted by molar-refractivity contribution is -0.125. The third-order valence-corrected chi connectivity index (χ3v) is 5.64. The van der Waals surface area contributed by atoms with E-state index in [1.54, 1.807) is 12.3 Å². The molecule has 0 aliphatic carbocycles. The van der Waals surface area contributed by atoms with Gasteiger partial charge in [-0.2, -0.15) is 5.10 Å². The highest BCUT2D eigenvalue weighted by Gasteiger charge is 2.28. The van der Waals surface area contributed by atoms with Crippen LogP contribution in [0, 0.1) is 0 Å². The number of anilines is 1. The van der Waals surface area contributed by atoms with Gasteiger partial charge >= 0.3 is 0 Å². The number of aromatic nitrogens is 2. The van der Waals surface area contributed by atoms with Gasteiger partial charge in [0.05, 0.1) is 25.1 Å². The molecule has 1 fully saturated rings. The summed E-state index contributed by atoms with van der Waals surface area (Å²) in [4.78, 5) is 15.3. The van der Waals surface area contributed by atoms with Gasteiger partial charge in [0.1, 0.15) is 19.0 Å². The Morgan fingerprint density at radius 1 is 1.15 bits per heavy atom. The van der Waals surface area contributed by atoms with E-state index in [0.717, 1.165) is 44.0 Å². The van der Waals surface area contributed by atoms with Crippen LogP contribution in [-0.2, 0) is 9.53 Å². The first-order valence-electron chi connectivity index (χ1n) is 11.0. The molecule has 0 bridgehead atoms. The summed E-state index contributed by atoms with van der Waals surface area (Å²) in [7, 11) is 0. The maximum Gasteiger partial charge on any atom is 0.269 e. The fourth-order valence-electron chi connectivity index (χ4n) is 3.80. The molecule has 3 heterocycles. The summed E-state index contributed by atoms with van der Waals surface area (Å²) >= 11 is 0. The fraction of sp³-hybridized carbons (Fsp3) is 0.333. The molecule has 172 valence electrons. The van der Waals surface area contributed by atoms with E-state index in [-0.39, 0.29) is 12.5 Å². The Bertz CT molecular complexity index is 1080. The van der Waals surface area contributed by atoms with Crippen molar-refractivity contribution in [3.63, 3.8) is 0 Å². The van der Waals surface area contributed by atoms with Crippen molar-refractivity contribution in [2.45, 2.75) is 6.10 Å². The van der Waals surface area contributed by atoms with E-state index in [1.807, 2.05) is 42.6 Å². The van der Waals surface area contributed by atoms with Crippen molar-refractivity contribution >= 4 is 11.6 Å². The normalized spacial score (nSPS) is 18.0. The highest BCUT2D eigenvalue weighted by atomic mass is 16.6. The fourth-order valence-corrected chi connectivity index (χ4v) is 3.80. The molecule has 1 atom stereocenters. The van der Waals surface area contributed by atoms with Crippen LogP contribution in [0.25, 0.3) is 11.1 Å². The van der Waals surface area contributed by atoms with Gasteiger partial charge in [0, 0.05) is 31.4 Å². The van der Waals surface area contributed by atoms with Crippen molar-refractivity contribution in [1.29, 1.82) is 0 Å². The van der Waals surface area contributed by atoms with Crippen LogP contribution >= 0.6 is 0 Å². The van der Waals surface area contributed by atoms with E-state index < -0.39 is 6.10 Å². The van der Waals surface area contributed by atoms with Crippen molar-refractivity contribution in [3.8, 4) is 28.4 Å². The second-order valence-corrected chi connectivity index (χ2v) is 7.85. The number of nitrogens with zero attached hydrogens (tertiary/aromatic N) is 2. The van der Waals surface area contributed by atoms with E-state index in [0.29, 0.717) is 29.5 Å². The average molecular weight is 450 g/mol. The summed E-state index contributed by atoms with van der Waals surface area (Å²) in [5.41, 5.74) is 2.46. The van der Waals surface area contributed by atoms with Crippen molar-refractivity contribution < 1.29 is 23.7 Å². The van der Waals surface area contributed by atoms with Gasteiger partial charge in [0.25, 0.3) is 5.91 Å². The number of aromatic amines is 1. The van der Waals surface area contributed by atoms with Crippen LogP contribution < -0.4 is 19.5 Å². The van der Waals surface area contributed by atoms with Crippen molar-refractivity contribution in [3.05, 3.63) is 54.9 Å². The Kier molecular flexibility index (Phi) is 6.41. The zero-order valence-corrected chi connectivity index (χ0v) is 18.2. The molecule has 1 aromatic heterocycles. The molecule has 2 N–H and O–H groups in total. The smallest absolute Gasteiger partial charge is 0.269 e. The van der Waals surface area contributed by atoms with Crippen molar-refractivity contribution in [2.75, 3.05) is 51.4 Å². The van der Waals surface area contributed by atoms with Gasteiger partial charge in [-0.15, -0.1) is 0 Å². The summed E-state index contributed by atoms with van der Waals surface area (Å²) in [6.45, 7) is 4.68. The second kappa shape index (κ2) is 9.93. The van der Waals surface area contributed by atoms with E-state index in [4.69, 9.17) is 18.9 Å². The molecule has 9 nitrogen and oxygen atoms in total. The number of carbonyl (C=O) groups excluding carboxylic acids is 1. The van der Waals surface area contributed by atoms with Crippen LogP contribution in [0.5, 0.6) is 17.2 Å². The lowest BCUT2D eigenvalue weighted by Gasteiger charge is -2.27. The maximum atomic E-state index is 13.0. The molecular weight excluding hydrogens is 424 g/mol. The summed E-state index contributed by atoms with van der Waals surface area (Å²) in [6, 6.07) is 13.0. The third kappa shape index (κ3) is 5.10. The zero-order valence-electron chi connectivity index (χ0n) is 18.2. The first kappa shape index (κ1) is 21.3. The molecular formula is C24H26N4O5. The van der Waals surface area contributed by atoms with Gasteiger partial charge in [-0.05, 0) is 29.8 Å². The Morgan fingerprint density at radius 2 is 2.00 bits per heavy atom. The van der Waals surface area contributed by atoms with E-state index >= 15 is 0 Å². The predicted molar refractivity (Wildman–Crippen MR) is 122 cm³/mol. The number of hydrogen-bond acceptors (Lipinski definition) is 7. The molecule has 0 saturated carbocycles. The van der Waals surface area contributed by atoms with Crippen molar-refractivity contribution in [2.24, 2.45) is 0 Å². The molecule has 3 aromatic rings. The number of nitrogens with one attached hydrogen (secondary N) is 2. The molecule has 0 unspecified atom stereocenters. The Labute approximate surface area is 191 Å². The van der Waals surface area contributed by atoms with E-state index in [1.165, 1.54) is 0 Å². The number of fused-ring (bicyclic) bond motifs is 1. The molecule has 0 spiro atoms. The predicted octanol–water partition coefficient (Wildman–Crippen LogP) is 2.57. The van der Waals surface area contributed by atoms with Crippen LogP contribution in [0.15, 0.2) is 54.9 Å². The molecule has 1 amide bonds. The number of amides is 1.